The third-order valence-corrected chi connectivity index (χ3v) is 4.92. The maximum atomic E-state index is 12.3. The van der Waals surface area contributed by atoms with Crippen LogP contribution < -0.4 is 4.72 Å². The molecule has 0 spiro atoms. The lowest BCUT2D eigenvalue weighted by Crippen LogP contribution is -2.23. The Morgan fingerprint density at radius 1 is 1.32 bits per heavy atom. The Kier molecular flexibility index (Phi) is 4.60. The van der Waals surface area contributed by atoms with Crippen LogP contribution in [-0.2, 0) is 16.6 Å². The molecule has 0 radical (unpaired) electrons. The molecule has 0 aliphatic heterocycles. The smallest absolute Gasteiger partial charge is 0.337 e. The van der Waals surface area contributed by atoms with Crippen LogP contribution in [-0.4, -0.2) is 24.5 Å². The van der Waals surface area contributed by atoms with Crippen molar-refractivity contribution in [3.8, 4) is 0 Å². The van der Waals surface area contributed by atoms with Gasteiger partial charge in [0, 0.05) is 17.9 Å². The summed E-state index contributed by atoms with van der Waals surface area (Å²) in [6.45, 7) is 3.84. The van der Waals surface area contributed by atoms with Gasteiger partial charge in [0.2, 0.25) is 10.0 Å². The van der Waals surface area contributed by atoms with Gasteiger partial charge in [0.05, 0.1) is 15.5 Å². The standard InChI is InChI=1S/C14H15ClN2O4S/c1-8-5-10(9(2)17-8)7-16-22(20,21)11-3-4-13(15)12(6-11)14(18)19/h3-6,16-17H,7H2,1-2H3,(H,18,19). The van der Waals surface area contributed by atoms with E-state index in [0.717, 1.165) is 23.0 Å². The van der Waals surface area contributed by atoms with Crippen molar-refractivity contribution in [2.45, 2.75) is 25.3 Å². The van der Waals surface area contributed by atoms with Crippen LogP contribution in [0.4, 0.5) is 0 Å². The van der Waals surface area contributed by atoms with Gasteiger partial charge in [0.1, 0.15) is 0 Å². The molecule has 1 aromatic carbocycles. The molecule has 1 heterocycles. The average Bonchev–Trinajstić information content (AvgIpc) is 2.74. The van der Waals surface area contributed by atoms with Crippen LogP contribution in [0, 0.1) is 13.8 Å². The molecule has 0 saturated heterocycles. The van der Waals surface area contributed by atoms with Crippen molar-refractivity contribution >= 4 is 27.6 Å². The third kappa shape index (κ3) is 3.49. The molecular formula is C14H15ClN2O4S. The van der Waals surface area contributed by atoms with Crippen LogP contribution in [0.25, 0.3) is 0 Å². The van der Waals surface area contributed by atoms with Crippen molar-refractivity contribution in [3.63, 3.8) is 0 Å². The van der Waals surface area contributed by atoms with E-state index in [1.165, 1.54) is 12.1 Å². The number of carboxylic acids is 1. The number of hydrogen-bond acceptors (Lipinski definition) is 3. The molecule has 6 nitrogen and oxygen atoms in total. The number of nitrogens with one attached hydrogen (secondary N) is 2. The van der Waals surface area contributed by atoms with Gasteiger partial charge in [0.15, 0.2) is 0 Å². The number of aromatic nitrogens is 1. The van der Waals surface area contributed by atoms with E-state index >= 15 is 0 Å². The van der Waals surface area contributed by atoms with E-state index < -0.39 is 16.0 Å². The highest BCUT2D eigenvalue weighted by Gasteiger charge is 2.18. The highest BCUT2D eigenvalue weighted by atomic mass is 35.5. The lowest BCUT2D eigenvalue weighted by Gasteiger charge is -2.08. The monoisotopic (exact) mass is 342 g/mol. The van der Waals surface area contributed by atoms with E-state index in [1.54, 1.807) is 0 Å². The fraction of sp³-hybridized carbons (Fsp3) is 0.214. The van der Waals surface area contributed by atoms with Gasteiger partial charge >= 0.3 is 5.97 Å². The summed E-state index contributed by atoms with van der Waals surface area (Å²) in [5.74, 6) is -1.28. The zero-order valence-corrected chi connectivity index (χ0v) is 13.5. The van der Waals surface area contributed by atoms with E-state index in [4.69, 9.17) is 16.7 Å². The Labute approximate surface area is 133 Å². The first kappa shape index (κ1) is 16.5. The number of aromatic amines is 1. The van der Waals surface area contributed by atoms with Crippen LogP contribution in [0.5, 0.6) is 0 Å². The number of H-pyrrole nitrogens is 1. The zero-order chi connectivity index (χ0) is 16.5. The summed E-state index contributed by atoms with van der Waals surface area (Å²) in [6.07, 6.45) is 0. The highest BCUT2D eigenvalue weighted by molar-refractivity contribution is 7.89. The number of aryl methyl sites for hydroxylation is 2. The zero-order valence-electron chi connectivity index (χ0n) is 12.0. The second-order valence-corrected chi connectivity index (χ2v) is 7.05. The minimum absolute atomic E-state index is 0.0106. The molecule has 2 aromatic rings. The molecular weight excluding hydrogens is 328 g/mol. The lowest BCUT2D eigenvalue weighted by molar-refractivity contribution is 0.0697. The Bertz CT molecular complexity index is 827. The summed E-state index contributed by atoms with van der Waals surface area (Å²) in [5.41, 5.74) is 2.39. The number of halogens is 1. The number of rotatable bonds is 5. The Morgan fingerprint density at radius 3 is 2.55 bits per heavy atom. The molecule has 3 N–H and O–H groups in total. The SMILES string of the molecule is Cc1cc(CNS(=O)(=O)c2ccc(Cl)c(C(=O)O)c2)c(C)[nH]1. The van der Waals surface area contributed by atoms with Gasteiger partial charge in [-0.3, -0.25) is 0 Å². The molecule has 8 heteroatoms. The molecule has 0 fully saturated rings. The van der Waals surface area contributed by atoms with Gasteiger partial charge in [-0.2, -0.15) is 0 Å². The largest absolute Gasteiger partial charge is 0.478 e. The topological polar surface area (TPSA) is 99.3 Å². The molecule has 2 rings (SSSR count). The molecule has 0 unspecified atom stereocenters. The maximum absolute atomic E-state index is 12.3. The number of carbonyl (C=O) groups is 1. The van der Waals surface area contributed by atoms with Crippen molar-refractivity contribution in [2.75, 3.05) is 0 Å². The summed E-state index contributed by atoms with van der Waals surface area (Å²) in [7, 11) is -3.82. The van der Waals surface area contributed by atoms with Crippen LogP contribution >= 0.6 is 11.6 Å². The summed E-state index contributed by atoms with van der Waals surface area (Å²) >= 11 is 5.74. The number of carboxylic acid groups (broad SMARTS) is 1. The van der Waals surface area contributed by atoms with Gasteiger partial charge in [-0.15, -0.1) is 0 Å². The Morgan fingerprint density at radius 2 is 2.00 bits per heavy atom. The Hall–Kier alpha value is -1.83. The first-order valence-corrected chi connectivity index (χ1v) is 8.24. The lowest BCUT2D eigenvalue weighted by atomic mass is 10.2. The third-order valence-electron chi connectivity index (χ3n) is 3.19. The van der Waals surface area contributed by atoms with Crippen LogP contribution in [0.1, 0.15) is 27.3 Å². The molecule has 0 bridgehead atoms. The summed E-state index contributed by atoms with van der Waals surface area (Å²) in [5, 5.41) is 8.99. The van der Waals surface area contributed by atoms with E-state index in [9.17, 15) is 13.2 Å². The second-order valence-electron chi connectivity index (χ2n) is 4.87. The van der Waals surface area contributed by atoms with Crippen molar-refractivity contribution < 1.29 is 18.3 Å². The first-order valence-electron chi connectivity index (χ1n) is 6.38. The molecule has 0 aliphatic carbocycles. The molecule has 0 saturated carbocycles. The average molecular weight is 343 g/mol. The van der Waals surface area contributed by atoms with Gasteiger partial charge in [0.25, 0.3) is 0 Å². The molecule has 0 aliphatic rings. The van der Waals surface area contributed by atoms with E-state index in [1.807, 2.05) is 19.9 Å². The molecule has 22 heavy (non-hydrogen) atoms. The fourth-order valence-electron chi connectivity index (χ4n) is 2.06. The normalized spacial score (nSPS) is 11.6. The van der Waals surface area contributed by atoms with E-state index in [2.05, 4.69) is 9.71 Å². The first-order chi connectivity index (χ1) is 10.2. The van der Waals surface area contributed by atoms with E-state index in [0.29, 0.717) is 0 Å². The number of benzene rings is 1. The quantitative estimate of drug-likeness (QED) is 0.777. The van der Waals surface area contributed by atoms with Crippen molar-refractivity contribution in [3.05, 3.63) is 51.8 Å². The van der Waals surface area contributed by atoms with Crippen molar-refractivity contribution in [1.82, 2.24) is 9.71 Å². The van der Waals surface area contributed by atoms with Crippen LogP contribution in [0.15, 0.2) is 29.2 Å². The van der Waals surface area contributed by atoms with Crippen LogP contribution in [0.2, 0.25) is 5.02 Å². The number of sulfonamides is 1. The molecule has 1 aromatic heterocycles. The maximum Gasteiger partial charge on any atom is 0.337 e. The second kappa shape index (κ2) is 6.12. The van der Waals surface area contributed by atoms with Gasteiger partial charge in [-0.25, -0.2) is 17.9 Å². The minimum atomic E-state index is -3.82. The molecule has 0 atom stereocenters. The summed E-state index contributed by atoms with van der Waals surface area (Å²) < 4.78 is 27.0. The van der Waals surface area contributed by atoms with Crippen molar-refractivity contribution in [1.29, 1.82) is 0 Å². The van der Waals surface area contributed by atoms with Gasteiger partial charge in [-0.05, 0) is 43.7 Å². The number of aromatic carboxylic acids is 1. The molecule has 118 valence electrons. The molecule has 0 amide bonds. The predicted molar refractivity (Wildman–Crippen MR) is 82.7 cm³/mol. The minimum Gasteiger partial charge on any atom is -0.478 e. The summed E-state index contributed by atoms with van der Waals surface area (Å²) in [4.78, 5) is 14.0. The Balaban J connectivity index is 2.25. The van der Waals surface area contributed by atoms with E-state index in [-0.39, 0.29) is 22.0 Å². The van der Waals surface area contributed by atoms with Gasteiger partial charge < -0.3 is 10.1 Å². The summed E-state index contributed by atoms with van der Waals surface area (Å²) in [6, 6.07) is 5.42. The van der Waals surface area contributed by atoms with Crippen molar-refractivity contribution in [2.24, 2.45) is 0 Å². The fourth-order valence-corrected chi connectivity index (χ4v) is 3.29. The number of hydrogen-bond donors (Lipinski definition) is 3. The van der Waals surface area contributed by atoms with Gasteiger partial charge in [-0.1, -0.05) is 11.6 Å². The highest BCUT2D eigenvalue weighted by Crippen LogP contribution is 2.21. The van der Waals surface area contributed by atoms with Crippen LogP contribution in [0.3, 0.4) is 0 Å². The predicted octanol–water partition coefficient (Wildman–Crippen LogP) is 2.46.